The Kier molecular flexibility index (Phi) is 4.78. The molecule has 0 bridgehead atoms. The molecule has 2 aromatic heterocycles. The number of benzene rings is 2. The van der Waals surface area contributed by atoms with Crippen molar-refractivity contribution in [1.29, 1.82) is 0 Å². The number of aromatic amines is 1. The predicted molar refractivity (Wildman–Crippen MR) is 118 cm³/mol. The molecule has 1 aliphatic rings. The van der Waals surface area contributed by atoms with Crippen LogP contribution in [-0.2, 0) is 6.54 Å². The van der Waals surface area contributed by atoms with Gasteiger partial charge in [-0.1, -0.05) is 0 Å². The van der Waals surface area contributed by atoms with Crippen LogP contribution in [0.2, 0.25) is 0 Å². The number of furan rings is 1. The molecule has 5 rings (SSSR count). The Morgan fingerprint density at radius 3 is 3.00 bits per heavy atom. The van der Waals surface area contributed by atoms with E-state index in [0.717, 1.165) is 22.3 Å². The van der Waals surface area contributed by atoms with Gasteiger partial charge in [0.1, 0.15) is 36.0 Å². The second kappa shape index (κ2) is 7.75. The number of hydrogen-bond donors (Lipinski definition) is 3. The Morgan fingerprint density at radius 2 is 2.13 bits per heavy atom. The molecular weight excluding hydrogens is 394 g/mol. The van der Waals surface area contributed by atoms with Crippen LogP contribution in [0.5, 0.6) is 11.5 Å². The number of amides is 1. The summed E-state index contributed by atoms with van der Waals surface area (Å²) < 4.78 is 17.3. The van der Waals surface area contributed by atoms with E-state index in [9.17, 15) is 4.79 Å². The fourth-order valence-electron chi connectivity index (χ4n) is 3.62. The number of carbonyl (C=O) groups excluding carboxylic acids is 1. The molecule has 0 saturated heterocycles. The molecule has 3 N–H and O–H groups in total. The molecule has 3 heterocycles. The van der Waals surface area contributed by atoms with Crippen molar-refractivity contribution in [3.05, 3.63) is 78.4 Å². The third-order valence-electron chi connectivity index (χ3n) is 5.31. The summed E-state index contributed by atoms with van der Waals surface area (Å²) in [7, 11) is 0. The van der Waals surface area contributed by atoms with Gasteiger partial charge in [0, 0.05) is 22.7 Å². The standard InChI is InChI=1S/C24H23N3O4/c1-24(14-30-18-5-6-20-16(11-18)8-9-25-20)15-31-22-7-4-17(12-21(22)27-24)23(28)26-13-19-3-2-10-29-19/h2-12,25,27H,13-15H2,1H3,(H,26,28). The maximum absolute atomic E-state index is 12.5. The number of fused-ring (bicyclic) bond motifs is 2. The Hall–Kier alpha value is -3.87. The summed E-state index contributed by atoms with van der Waals surface area (Å²) in [5, 5.41) is 7.45. The van der Waals surface area contributed by atoms with Crippen LogP contribution in [0.15, 0.2) is 71.5 Å². The molecular formula is C24H23N3O4. The molecule has 0 fully saturated rings. The van der Waals surface area contributed by atoms with Crippen molar-refractivity contribution >= 4 is 22.5 Å². The van der Waals surface area contributed by atoms with Gasteiger partial charge in [-0.2, -0.15) is 0 Å². The van der Waals surface area contributed by atoms with Crippen molar-refractivity contribution in [2.45, 2.75) is 19.0 Å². The maximum atomic E-state index is 12.5. The third-order valence-corrected chi connectivity index (χ3v) is 5.31. The van der Waals surface area contributed by atoms with Crippen LogP contribution in [0.4, 0.5) is 5.69 Å². The van der Waals surface area contributed by atoms with Gasteiger partial charge in [-0.05, 0) is 61.5 Å². The van der Waals surface area contributed by atoms with Crippen LogP contribution in [0.3, 0.4) is 0 Å². The number of hydrogen-bond acceptors (Lipinski definition) is 5. The topological polar surface area (TPSA) is 88.5 Å². The van der Waals surface area contributed by atoms with Gasteiger partial charge in [-0.3, -0.25) is 4.79 Å². The number of ether oxygens (including phenoxy) is 2. The van der Waals surface area contributed by atoms with E-state index >= 15 is 0 Å². The molecule has 1 atom stereocenters. The van der Waals surface area contributed by atoms with Gasteiger partial charge in [-0.25, -0.2) is 0 Å². The average molecular weight is 417 g/mol. The minimum absolute atomic E-state index is 0.177. The van der Waals surface area contributed by atoms with Gasteiger partial charge < -0.3 is 29.5 Å². The first-order valence-corrected chi connectivity index (χ1v) is 10.1. The predicted octanol–water partition coefficient (Wildman–Crippen LogP) is 4.33. The molecule has 0 saturated carbocycles. The van der Waals surface area contributed by atoms with E-state index < -0.39 is 5.54 Å². The third kappa shape index (κ3) is 4.07. The zero-order valence-electron chi connectivity index (χ0n) is 17.1. The minimum Gasteiger partial charge on any atom is -0.491 e. The fourth-order valence-corrected chi connectivity index (χ4v) is 3.62. The Bertz CT molecular complexity index is 1210. The van der Waals surface area contributed by atoms with Gasteiger partial charge in [-0.15, -0.1) is 0 Å². The van der Waals surface area contributed by atoms with Crippen LogP contribution in [0.1, 0.15) is 23.0 Å². The lowest BCUT2D eigenvalue weighted by Gasteiger charge is -2.36. The van der Waals surface area contributed by atoms with E-state index in [1.54, 1.807) is 24.5 Å². The quantitative estimate of drug-likeness (QED) is 0.435. The molecule has 0 radical (unpaired) electrons. The minimum atomic E-state index is -0.441. The zero-order valence-corrected chi connectivity index (χ0v) is 17.1. The summed E-state index contributed by atoms with van der Waals surface area (Å²) in [6, 6.07) is 16.9. The summed E-state index contributed by atoms with van der Waals surface area (Å²) in [6.45, 7) is 3.24. The molecule has 1 amide bonds. The fraction of sp³-hybridized carbons (Fsp3) is 0.208. The molecule has 31 heavy (non-hydrogen) atoms. The Balaban J connectivity index is 1.25. The monoisotopic (exact) mass is 417 g/mol. The van der Waals surface area contributed by atoms with E-state index in [-0.39, 0.29) is 5.91 Å². The van der Waals surface area contributed by atoms with E-state index in [1.807, 2.05) is 49.5 Å². The lowest BCUT2D eigenvalue weighted by molar-refractivity contribution is 0.0948. The summed E-state index contributed by atoms with van der Waals surface area (Å²) >= 11 is 0. The van der Waals surface area contributed by atoms with Crippen LogP contribution < -0.4 is 20.1 Å². The molecule has 0 spiro atoms. The molecule has 1 aliphatic heterocycles. The van der Waals surface area contributed by atoms with Gasteiger partial charge in [0.2, 0.25) is 0 Å². The van der Waals surface area contributed by atoms with E-state index in [0.29, 0.717) is 36.8 Å². The van der Waals surface area contributed by atoms with Crippen LogP contribution in [0, 0.1) is 0 Å². The molecule has 4 aromatic rings. The molecule has 2 aromatic carbocycles. The van der Waals surface area contributed by atoms with Gasteiger partial charge in [0.05, 0.1) is 18.5 Å². The average Bonchev–Trinajstić information content (AvgIpc) is 3.47. The summed E-state index contributed by atoms with van der Waals surface area (Å²) in [4.78, 5) is 15.7. The second-order valence-corrected chi connectivity index (χ2v) is 7.96. The van der Waals surface area contributed by atoms with Gasteiger partial charge >= 0.3 is 0 Å². The van der Waals surface area contributed by atoms with Gasteiger partial charge in [0.15, 0.2) is 0 Å². The first kappa shape index (κ1) is 19.1. The largest absolute Gasteiger partial charge is 0.491 e. The van der Waals surface area contributed by atoms with Crippen molar-refractivity contribution < 1.29 is 18.7 Å². The highest BCUT2D eigenvalue weighted by Crippen LogP contribution is 2.34. The highest BCUT2D eigenvalue weighted by atomic mass is 16.5. The lowest BCUT2D eigenvalue weighted by Crippen LogP contribution is -2.48. The number of aromatic nitrogens is 1. The van der Waals surface area contributed by atoms with Crippen molar-refractivity contribution in [1.82, 2.24) is 10.3 Å². The number of nitrogens with one attached hydrogen (secondary N) is 3. The highest BCUT2D eigenvalue weighted by Gasteiger charge is 2.32. The van der Waals surface area contributed by atoms with E-state index in [1.165, 1.54) is 0 Å². The molecule has 1 unspecified atom stereocenters. The highest BCUT2D eigenvalue weighted by molar-refractivity contribution is 5.95. The number of H-pyrrole nitrogens is 1. The Labute approximate surface area is 179 Å². The smallest absolute Gasteiger partial charge is 0.251 e. The molecule has 0 aliphatic carbocycles. The first-order chi connectivity index (χ1) is 15.1. The Morgan fingerprint density at radius 1 is 1.19 bits per heavy atom. The summed E-state index contributed by atoms with van der Waals surface area (Å²) in [5.41, 5.74) is 1.95. The van der Waals surface area contributed by atoms with Crippen molar-refractivity contribution in [2.75, 3.05) is 18.5 Å². The number of anilines is 1. The lowest BCUT2D eigenvalue weighted by atomic mass is 10.0. The van der Waals surface area contributed by atoms with Crippen LogP contribution in [0.25, 0.3) is 10.9 Å². The number of rotatable bonds is 6. The summed E-state index contributed by atoms with van der Waals surface area (Å²) in [6.07, 6.45) is 3.49. The van der Waals surface area contributed by atoms with E-state index in [4.69, 9.17) is 13.9 Å². The van der Waals surface area contributed by atoms with Crippen molar-refractivity contribution in [3.63, 3.8) is 0 Å². The van der Waals surface area contributed by atoms with Crippen molar-refractivity contribution in [3.8, 4) is 11.5 Å². The van der Waals surface area contributed by atoms with Gasteiger partial charge in [0.25, 0.3) is 5.91 Å². The van der Waals surface area contributed by atoms with Crippen LogP contribution >= 0.6 is 0 Å². The molecule has 158 valence electrons. The zero-order chi connectivity index (χ0) is 21.3. The van der Waals surface area contributed by atoms with Crippen molar-refractivity contribution in [2.24, 2.45) is 0 Å². The first-order valence-electron chi connectivity index (χ1n) is 10.1. The number of carbonyl (C=O) groups is 1. The second-order valence-electron chi connectivity index (χ2n) is 7.96. The SMILES string of the molecule is CC1(COc2ccc3[nH]ccc3c2)COc2ccc(C(=O)NCc3ccco3)cc2N1. The molecule has 7 heteroatoms. The van der Waals surface area contributed by atoms with E-state index in [2.05, 4.69) is 15.6 Å². The van der Waals surface area contributed by atoms with Crippen LogP contribution in [-0.4, -0.2) is 29.6 Å². The molecule has 7 nitrogen and oxygen atoms in total. The summed E-state index contributed by atoms with van der Waals surface area (Å²) in [5.74, 6) is 2.04. The maximum Gasteiger partial charge on any atom is 0.251 e. The normalized spacial score (nSPS) is 17.5.